The van der Waals surface area contributed by atoms with Gasteiger partial charge < -0.3 is 9.84 Å². The fourth-order valence-electron chi connectivity index (χ4n) is 3.43. The first kappa shape index (κ1) is 15.8. The van der Waals surface area contributed by atoms with Crippen LogP contribution < -0.4 is 4.74 Å². The van der Waals surface area contributed by atoms with Crippen LogP contribution in [0.1, 0.15) is 42.4 Å². The first-order chi connectivity index (χ1) is 10.9. The summed E-state index contributed by atoms with van der Waals surface area (Å²) in [4.78, 5) is 24.5. The Kier molecular flexibility index (Phi) is 4.00. The Morgan fingerprint density at radius 2 is 2.00 bits per heavy atom. The van der Waals surface area contributed by atoms with Gasteiger partial charge in [0.2, 0.25) is 0 Å². The molecule has 23 heavy (non-hydrogen) atoms. The second-order valence-electron chi connectivity index (χ2n) is 6.69. The molecule has 122 valence electrons. The maximum Gasteiger partial charge on any atom is 0.167 e. The van der Waals surface area contributed by atoms with E-state index in [1.54, 1.807) is 7.11 Å². The maximum atomic E-state index is 12.5. The van der Waals surface area contributed by atoms with Gasteiger partial charge in [0, 0.05) is 30.2 Å². The zero-order valence-electron chi connectivity index (χ0n) is 13.8. The van der Waals surface area contributed by atoms with Crippen molar-refractivity contribution in [2.24, 2.45) is 11.8 Å². The first-order valence-corrected chi connectivity index (χ1v) is 8.07. The zero-order valence-corrected chi connectivity index (χ0v) is 13.8. The maximum absolute atomic E-state index is 12.5. The van der Waals surface area contributed by atoms with Gasteiger partial charge in [0.25, 0.3) is 0 Å². The molecule has 0 heterocycles. The molecule has 3 rings (SSSR count). The largest absolute Gasteiger partial charge is 0.511 e. The average molecular weight is 314 g/mol. The normalized spacial score (nSPS) is 21.0. The number of rotatable bonds is 5. The van der Waals surface area contributed by atoms with Crippen molar-refractivity contribution in [2.75, 3.05) is 7.11 Å². The molecule has 1 N–H and O–H groups in total. The van der Waals surface area contributed by atoms with E-state index in [4.69, 9.17) is 4.74 Å². The molecule has 1 saturated carbocycles. The minimum absolute atomic E-state index is 0.0502. The van der Waals surface area contributed by atoms with Gasteiger partial charge in [0.15, 0.2) is 5.78 Å². The van der Waals surface area contributed by atoms with Crippen LogP contribution in [0, 0.1) is 25.7 Å². The number of aliphatic hydroxyl groups is 1. The van der Waals surface area contributed by atoms with E-state index in [9.17, 15) is 14.7 Å². The predicted molar refractivity (Wildman–Crippen MR) is 87.5 cm³/mol. The molecule has 0 amide bonds. The lowest BCUT2D eigenvalue weighted by Crippen LogP contribution is -2.10. The molecule has 2 aliphatic carbocycles. The molecular formula is C19H22O4. The summed E-state index contributed by atoms with van der Waals surface area (Å²) >= 11 is 0. The molecular weight excluding hydrogens is 292 g/mol. The van der Waals surface area contributed by atoms with E-state index in [1.807, 2.05) is 26.0 Å². The molecule has 4 nitrogen and oxygen atoms in total. The third-order valence-corrected chi connectivity index (χ3v) is 4.75. The van der Waals surface area contributed by atoms with Gasteiger partial charge in [-0.15, -0.1) is 0 Å². The van der Waals surface area contributed by atoms with Crippen LogP contribution in [0.3, 0.4) is 0 Å². The van der Waals surface area contributed by atoms with Gasteiger partial charge in [-0.05, 0) is 43.9 Å². The predicted octanol–water partition coefficient (Wildman–Crippen LogP) is 3.54. The summed E-state index contributed by atoms with van der Waals surface area (Å²) in [5.74, 6) is 0.471. The number of aryl methyl sites for hydroxylation is 2. The second-order valence-corrected chi connectivity index (χ2v) is 6.69. The molecule has 4 heteroatoms. The number of carbonyl (C=O) groups is 2. The van der Waals surface area contributed by atoms with Crippen LogP contribution in [-0.2, 0) is 9.59 Å². The van der Waals surface area contributed by atoms with Crippen molar-refractivity contribution in [3.05, 3.63) is 34.6 Å². The van der Waals surface area contributed by atoms with Crippen molar-refractivity contribution < 1.29 is 19.4 Å². The number of carbonyl (C=O) groups excluding carboxylic acids is 2. The van der Waals surface area contributed by atoms with Crippen LogP contribution in [-0.4, -0.2) is 23.8 Å². The zero-order chi connectivity index (χ0) is 16.7. The summed E-state index contributed by atoms with van der Waals surface area (Å²) in [6, 6.07) is 3.83. The highest BCUT2D eigenvalue weighted by Gasteiger charge is 2.39. The summed E-state index contributed by atoms with van der Waals surface area (Å²) in [6.07, 6.45) is 2.36. The van der Waals surface area contributed by atoms with Crippen LogP contribution in [0.2, 0.25) is 0 Å². The molecule has 1 atom stereocenters. The molecule has 1 aromatic rings. The summed E-state index contributed by atoms with van der Waals surface area (Å²) in [6.45, 7) is 3.86. The highest BCUT2D eigenvalue weighted by Crippen LogP contribution is 2.42. The molecule has 1 aromatic carbocycles. The first-order valence-electron chi connectivity index (χ1n) is 8.07. The Bertz CT molecular complexity index is 710. The Morgan fingerprint density at radius 1 is 1.30 bits per heavy atom. The van der Waals surface area contributed by atoms with E-state index >= 15 is 0 Å². The molecule has 0 spiro atoms. The van der Waals surface area contributed by atoms with Gasteiger partial charge in [0.05, 0.1) is 12.7 Å². The Balaban J connectivity index is 1.99. The Hall–Kier alpha value is -2.10. The van der Waals surface area contributed by atoms with Crippen molar-refractivity contribution in [1.29, 1.82) is 0 Å². The molecule has 1 fully saturated rings. The van der Waals surface area contributed by atoms with Crippen LogP contribution >= 0.6 is 0 Å². The number of Topliss-reactive ketones (excluding diaryl/α,β-unsaturated/α-hetero) is 2. The third kappa shape index (κ3) is 2.90. The topological polar surface area (TPSA) is 63.6 Å². The fourth-order valence-corrected chi connectivity index (χ4v) is 3.43. The lowest BCUT2D eigenvalue weighted by Gasteiger charge is -2.14. The quantitative estimate of drug-likeness (QED) is 0.903. The summed E-state index contributed by atoms with van der Waals surface area (Å²) < 4.78 is 5.42. The second kappa shape index (κ2) is 5.84. The van der Waals surface area contributed by atoms with E-state index in [0.717, 1.165) is 24.0 Å². The summed E-state index contributed by atoms with van der Waals surface area (Å²) in [5.41, 5.74) is 2.91. The summed E-state index contributed by atoms with van der Waals surface area (Å²) in [7, 11) is 1.56. The van der Waals surface area contributed by atoms with Crippen LogP contribution in [0.15, 0.2) is 17.9 Å². The SMILES string of the molecule is COc1cc(C)cc(C)c1C1=C(O)C(CC(=O)C2CC2)CC1=O. The van der Waals surface area contributed by atoms with Crippen molar-refractivity contribution in [3.8, 4) is 5.75 Å². The molecule has 1 unspecified atom stereocenters. The number of hydrogen-bond donors (Lipinski definition) is 1. The lowest BCUT2D eigenvalue weighted by atomic mass is 9.95. The standard InChI is InChI=1S/C19H22O4/c1-10-6-11(2)17(16(7-10)23-3)18-15(21)9-13(19(18)22)8-14(20)12-4-5-12/h6-7,12-13,22H,4-5,8-9H2,1-3H3. The number of ketones is 2. The van der Waals surface area contributed by atoms with Crippen molar-refractivity contribution >= 4 is 17.1 Å². The van der Waals surface area contributed by atoms with E-state index in [1.165, 1.54) is 0 Å². The van der Waals surface area contributed by atoms with Crippen LogP contribution in [0.25, 0.3) is 5.57 Å². The number of allylic oxidation sites excluding steroid dienone is 2. The van der Waals surface area contributed by atoms with Gasteiger partial charge in [0.1, 0.15) is 17.3 Å². The lowest BCUT2D eigenvalue weighted by molar-refractivity contribution is -0.121. The van der Waals surface area contributed by atoms with Crippen molar-refractivity contribution in [2.45, 2.75) is 39.5 Å². The molecule has 0 saturated heterocycles. The highest BCUT2D eigenvalue weighted by atomic mass is 16.5. The van der Waals surface area contributed by atoms with Gasteiger partial charge in [-0.3, -0.25) is 9.59 Å². The van der Waals surface area contributed by atoms with Gasteiger partial charge in [-0.25, -0.2) is 0 Å². The number of ether oxygens (including phenoxy) is 1. The Morgan fingerprint density at radius 3 is 2.61 bits per heavy atom. The van der Waals surface area contributed by atoms with E-state index in [0.29, 0.717) is 16.9 Å². The monoisotopic (exact) mass is 314 g/mol. The van der Waals surface area contributed by atoms with Crippen LogP contribution in [0.4, 0.5) is 0 Å². The highest BCUT2D eigenvalue weighted by molar-refractivity contribution is 6.24. The smallest absolute Gasteiger partial charge is 0.167 e. The number of aliphatic hydroxyl groups excluding tert-OH is 1. The minimum atomic E-state index is -0.379. The number of hydrogen-bond acceptors (Lipinski definition) is 4. The van der Waals surface area contributed by atoms with Crippen LogP contribution in [0.5, 0.6) is 5.75 Å². The number of benzene rings is 1. The molecule has 0 aliphatic heterocycles. The average Bonchev–Trinajstić information content (AvgIpc) is 3.29. The van der Waals surface area contributed by atoms with E-state index in [-0.39, 0.29) is 42.0 Å². The molecule has 0 aromatic heterocycles. The fraction of sp³-hybridized carbons (Fsp3) is 0.474. The van der Waals surface area contributed by atoms with E-state index < -0.39 is 0 Å². The van der Waals surface area contributed by atoms with E-state index in [2.05, 4.69) is 0 Å². The van der Waals surface area contributed by atoms with Crippen molar-refractivity contribution in [1.82, 2.24) is 0 Å². The summed E-state index contributed by atoms with van der Waals surface area (Å²) in [5, 5.41) is 10.6. The Labute approximate surface area is 136 Å². The molecule has 0 bridgehead atoms. The minimum Gasteiger partial charge on any atom is -0.511 e. The molecule has 2 aliphatic rings. The molecule has 0 radical (unpaired) electrons. The van der Waals surface area contributed by atoms with Gasteiger partial charge in [-0.2, -0.15) is 0 Å². The number of methoxy groups -OCH3 is 1. The van der Waals surface area contributed by atoms with Crippen molar-refractivity contribution in [3.63, 3.8) is 0 Å². The third-order valence-electron chi connectivity index (χ3n) is 4.75. The van der Waals surface area contributed by atoms with Gasteiger partial charge >= 0.3 is 0 Å². The van der Waals surface area contributed by atoms with Gasteiger partial charge in [-0.1, -0.05) is 6.07 Å².